The quantitative estimate of drug-likeness (QED) is 0.344. The zero-order chi connectivity index (χ0) is 21.0. The van der Waals surface area contributed by atoms with Gasteiger partial charge in [0.15, 0.2) is 5.96 Å². The van der Waals surface area contributed by atoms with Crippen molar-refractivity contribution in [3.05, 3.63) is 54.2 Å². The molecule has 0 saturated carbocycles. The summed E-state index contributed by atoms with van der Waals surface area (Å²) in [6, 6.07) is 14.0. The molecule has 1 saturated heterocycles. The topological polar surface area (TPSA) is 81.1 Å². The molecule has 2 aromatic rings. The molecule has 1 aromatic heterocycles. The zero-order valence-electron chi connectivity index (χ0n) is 17.6. The number of halogens is 1. The number of fused-ring (bicyclic) bond motifs is 1. The van der Waals surface area contributed by atoms with Crippen LogP contribution in [0.25, 0.3) is 0 Å². The monoisotopic (exact) mass is 556 g/mol. The molecule has 168 valence electrons. The molecule has 2 aliphatic rings. The summed E-state index contributed by atoms with van der Waals surface area (Å²) in [5.41, 5.74) is 2.43. The fourth-order valence-electron chi connectivity index (χ4n) is 4.01. The third kappa shape index (κ3) is 5.47. The first-order valence-corrected chi connectivity index (χ1v) is 11.9. The summed E-state index contributed by atoms with van der Waals surface area (Å²) in [7, 11) is -1.60. The summed E-state index contributed by atoms with van der Waals surface area (Å²) in [5, 5.41) is 3.23. The van der Waals surface area contributed by atoms with Crippen LogP contribution in [0.5, 0.6) is 0 Å². The van der Waals surface area contributed by atoms with Crippen LogP contribution in [0.15, 0.2) is 53.7 Å². The van der Waals surface area contributed by atoms with Crippen molar-refractivity contribution in [1.29, 1.82) is 0 Å². The minimum absolute atomic E-state index is 0. The first-order valence-electron chi connectivity index (χ1n) is 10.3. The minimum atomic E-state index is -3.33. The number of aliphatic imine (C=N–C) groups is 1. The summed E-state index contributed by atoms with van der Waals surface area (Å²) in [5.74, 6) is 1.66. The molecular formula is C21H29IN6O2S. The first kappa shape index (κ1) is 23.7. The molecule has 0 radical (unpaired) electrons. The average molecular weight is 556 g/mol. The van der Waals surface area contributed by atoms with Crippen LogP contribution < -0.4 is 15.1 Å². The highest BCUT2D eigenvalue weighted by molar-refractivity contribution is 14.0. The number of piperazine rings is 1. The van der Waals surface area contributed by atoms with E-state index in [0.29, 0.717) is 32.7 Å². The minimum Gasteiger partial charge on any atom is -0.355 e. The van der Waals surface area contributed by atoms with Crippen LogP contribution in [0.4, 0.5) is 11.5 Å². The Kier molecular flexibility index (Phi) is 8.11. The lowest BCUT2D eigenvalue weighted by molar-refractivity contribution is 0.384. The standard InChI is InChI=1S/C21H28N6O2S.HI/c1-22-21(27-12-9-18-6-2-3-7-19(18)27)24-11-17-30(28,29)26-15-13-25(14-16-26)20-8-4-5-10-23-20;/h2-8,10H,9,11-17H2,1H3,(H,22,24);1H. The number of rotatable bonds is 5. The van der Waals surface area contributed by atoms with E-state index in [1.165, 1.54) is 5.56 Å². The average Bonchev–Trinajstić information content (AvgIpc) is 3.21. The van der Waals surface area contributed by atoms with Crippen LogP contribution in [0.3, 0.4) is 0 Å². The van der Waals surface area contributed by atoms with Crippen molar-refractivity contribution >= 4 is 51.5 Å². The van der Waals surface area contributed by atoms with Gasteiger partial charge in [-0.15, -0.1) is 24.0 Å². The lowest BCUT2D eigenvalue weighted by Gasteiger charge is -2.34. The van der Waals surface area contributed by atoms with Gasteiger partial charge in [0, 0.05) is 58.2 Å². The maximum atomic E-state index is 12.8. The molecule has 0 spiro atoms. The number of nitrogens with zero attached hydrogens (tertiary/aromatic N) is 5. The summed E-state index contributed by atoms with van der Waals surface area (Å²) in [6.45, 7) is 3.43. The number of anilines is 2. The Labute approximate surface area is 201 Å². The molecule has 1 N–H and O–H groups in total. The van der Waals surface area contributed by atoms with E-state index in [0.717, 1.165) is 30.4 Å². The van der Waals surface area contributed by atoms with Gasteiger partial charge in [0.25, 0.3) is 0 Å². The highest BCUT2D eigenvalue weighted by atomic mass is 127. The number of hydrogen-bond donors (Lipinski definition) is 1. The van der Waals surface area contributed by atoms with E-state index in [1.54, 1.807) is 17.5 Å². The Balaban J connectivity index is 0.00000272. The van der Waals surface area contributed by atoms with E-state index in [9.17, 15) is 8.42 Å². The maximum absolute atomic E-state index is 12.8. The number of pyridine rings is 1. The van der Waals surface area contributed by atoms with Crippen LogP contribution in [-0.2, 0) is 16.4 Å². The highest BCUT2D eigenvalue weighted by Crippen LogP contribution is 2.27. The number of guanidine groups is 1. The first-order chi connectivity index (χ1) is 14.6. The molecule has 0 unspecified atom stereocenters. The Morgan fingerprint density at radius 1 is 1.06 bits per heavy atom. The molecule has 4 rings (SSSR count). The Morgan fingerprint density at radius 2 is 1.81 bits per heavy atom. The van der Waals surface area contributed by atoms with Gasteiger partial charge in [-0.25, -0.2) is 13.4 Å². The number of nitrogens with one attached hydrogen (secondary N) is 1. The third-order valence-electron chi connectivity index (χ3n) is 5.60. The smallest absolute Gasteiger partial charge is 0.215 e. The second kappa shape index (κ2) is 10.6. The van der Waals surface area contributed by atoms with E-state index in [2.05, 4.69) is 37.2 Å². The van der Waals surface area contributed by atoms with Gasteiger partial charge in [-0.1, -0.05) is 24.3 Å². The molecule has 1 fully saturated rings. The van der Waals surface area contributed by atoms with Gasteiger partial charge in [-0.05, 0) is 30.2 Å². The Bertz CT molecular complexity index is 994. The van der Waals surface area contributed by atoms with Gasteiger partial charge >= 0.3 is 0 Å². The molecule has 0 atom stereocenters. The lowest BCUT2D eigenvalue weighted by Crippen LogP contribution is -2.50. The third-order valence-corrected chi connectivity index (χ3v) is 7.48. The summed E-state index contributed by atoms with van der Waals surface area (Å²) in [4.78, 5) is 12.9. The van der Waals surface area contributed by atoms with Crippen molar-refractivity contribution in [2.45, 2.75) is 6.42 Å². The second-order valence-electron chi connectivity index (χ2n) is 7.39. The zero-order valence-corrected chi connectivity index (χ0v) is 20.8. The summed E-state index contributed by atoms with van der Waals surface area (Å²) < 4.78 is 27.2. The molecule has 0 bridgehead atoms. The largest absolute Gasteiger partial charge is 0.355 e. The number of sulfonamides is 1. The molecular weight excluding hydrogens is 527 g/mol. The highest BCUT2D eigenvalue weighted by Gasteiger charge is 2.28. The van der Waals surface area contributed by atoms with E-state index in [-0.39, 0.29) is 29.7 Å². The second-order valence-corrected chi connectivity index (χ2v) is 9.48. The van der Waals surface area contributed by atoms with Gasteiger partial charge in [0.1, 0.15) is 5.82 Å². The van der Waals surface area contributed by atoms with Gasteiger partial charge in [0.05, 0.1) is 5.75 Å². The molecule has 8 nitrogen and oxygen atoms in total. The predicted molar refractivity (Wildman–Crippen MR) is 136 cm³/mol. The SMILES string of the molecule is CN=C(NCCS(=O)(=O)N1CCN(c2ccccn2)CC1)N1CCc2ccccc21.I. The van der Waals surface area contributed by atoms with Crippen LogP contribution >= 0.6 is 24.0 Å². The van der Waals surface area contributed by atoms with E-state index < -0.39 is 10.0 Å². The van der Waals surface area contributed by atoms with E-state index in [1.807, 2.05) is 30.3 Å². The predicted octanol–water partition coefficient (Wildman–Crippen LogP) is 1.79. The Morgan fingerprint density at radius 3 is 2.52 bits per heavy atom. The number of benzene rings is 1. The van der Waals surface area contributed by atoms with E-state index >= 15 is 0 Å². The van der Waals surface area contributed by atoms with Gasteiger partial charge in [-0.2, -0.15) is 4.31 Å². The van der Waals surface area contributed by atoms with Crippen LogP contribution in [0, 0.1) is 0 Å². The maximum Gasteiger partial charge on any atom is 0.215 e. The van der Waals surface area contributed by atoms with Crippen molar-refractivity contribution in [3.63, 3.8) is 0 Å². The van der Waals surface area contributed by atoms with Gasteiger partial charge < -0.3 is 15.1 Å². The molecule has 10 heteroatoms. The number of para-hydroxylation sites is 1. The van der Waals surface area contributed by atoms with Crippen molar-refractivity contribution in [3.8, 4) is 0 Å². The van der Waals surface area contributed by atoms with Crippen molar-refractivity contribution < 1.29 is 8.42 Å². The molecule has 3 heterocycles. The fourth-order valence-corrected chi connectivity index (χ4v) is 5.35. The molecule has 0 amide bonds. The van der Waals surface area contributed by atoms with Crippen LogP contribution in [0.2, 0.25) is 0 Å². The van der Waals surface area contributed by atoms with Crippen LogP contribution in [-0.4, -0.2) is 75.7 Å². The summed E-state index contributed by atoms with van der Waals surface area (Å²) in [6.07, 6.45) is 2.73. The van der Waals surface area contributed by atoms with E-state index in [4.69, 9.17) is 0 Å². The van der Waals surface area contributed by atoms with Crippen molar-refractivity contribution in [1.82, 2.24) is 14.6 Å². The number of aromatic nitrogens is 1. The number of hydrogen-bond acceptors (Lipinski definition) is 5. The lowest BCUT2D eigenvalue weighted by atomic mass is 10.2. The molecule has 1 aromatic carbocycles. The molecule has 2 aliphatic heterocycles. The summed E-state index contributed by atoms with van der Waals surface area (Å²) >= 11 is 0. The van der Waals surface area contributed by atoms with Crippen molar-refractivity contribution in [2.75, 3.05) is 61.9 Å². The molecule has 0 aliphatic carbocycles. The normalized spacial score (nSPS) is 17.3. The fraction of sp³-hybridized carbons (Fsp3) is 0.429. The van der Waals surface area contributed by atoms with Crippen molar-refractivity contribution in [2.24, 2.45) is 4.99 Å². The molecule has 31 heavy (non-hydrogen) atoms. The van der Waals surface area contributed by atoms with Gasteiger partial charge in [0.2, 0.25) is 10.0 Å². The van der Waals surface area contributed by atoms with Crippen LogP contribution in [0.1, 0.15) is 5.56 Å². The van der Waals surface area contributed by atoms with Gasteiger partial charge in [-0.3, -0.25) is 4.99 Å². The Hall–Kier alpha value is -1.92.